The highest BCUT2D eigenvalue weighted by Gasteiger charge is 2.14. The minimum absolute atomic E-state index is 0.0360. The average molecular weight is 231 g/mol. The van der Waals surface area contributed by atoms with Crippen LogP contribution in [0.3, 0.4) is 0 Å². The molecular weight excluding hydrogens is 218 g/mol. The smallest absolute Gasteiger partial charge is 0.262 e. The number of thiophene rings is 1. The summed E-state index contributed by atoms with van der Waals surface area (Å²) >= 11 is 2.97. The summed E-state index contributed by atoms with van der Waals surface area (Å²) in [6.45, 7) is 1.73. The van der Waals surface area contributed by atoms with Crippen molar-refractivity contribution >= 4 is 29.0 Å². The SMILES string of the molecule is CSc1ccsc1C(=O)NC(C)CO. The molecule has 14 heavy (non-hydrogen) atoms. The third-order valence-electron chi connectivity index (χ3n) is 1.71. The Balaban J connectivity index is 2.69. The fraction of sp³-hybridized carbons (Fsp3) is 0.444. The Morgan fingerprint density at radius 3 is 3.07 bits per heavy atom. The highest BCUT2D eigenvalue weighted by atomic mass is 32.2. The van der Waals surface area contributed by atoms with Crippen LogP contribution in [-0.2, 0) is 0 Å². The number of aliphatic hydroxyl groups is 1. The van der Waals surface area contributed by atoms with Gasteiger partial charge in [-0.15, -0.1) is 23.1 Å². The summed E-state index contributed by atoms with van der Waals surface area (Å²) < 4.78 is 0. The summed E-state index contributed by atoms with van der Waals surface area (Å²) in [4.78, 5) is 13.3. The summed E-state index contributed by atoms with van der Waals surface area (Å²) in [7, 11) is 0. The predicted molar refractivity (Wildman–Crippen MR) is 60.1 cm³/mol. The Labute approximate surface area is 91.5 Å². The Morgan fingerprint density at radius 1 is 1.79 bits per heavy atom. The van der Waals surface area contributed by atoms with Gasteiger partial charge in [-0.25, -0.2) is 0 Å². The summed E-state index contributed by atoms with van der Waals surface area (Å²) in [5.41, 5.74) is 0. The summed E-state index contributed by atoms with van der Waals surface area (Å²) in [5.74, 6) is -0.106. The molecule has 0 saturated carbocycles. The van der Waals surface area contributed by atoms with E-state index in [4.69, 9.17) is 5.11 Å². The van der Waals surface area contributed by atoms with Crippen molar-refractivity contribution < 1.29 is 9.90 Å². The summed E-state index contributed by atoms with van der Waals surface area (Å²) in [5, 5.41) is 13.4. The lowest BCUT2D eigenvalue weighted by atomic mass is 10.3. The van der Waals surface area contributed by atoms with E-state index in [1.165, 1.54) is 11.3 Å². The maximum absolute atomic E-state index is 11.6. The number of aliphatic hydroxyl groups excluding tert-OH is 1. The first kappa shape index (κ1) is 11.6. The van der Waals surface area contributed by atoms with Gasteiger partial charge in [-0.1, -0.05) is 0 Å². The molecule has 0 aliphatic carbocycles. The molecule has 1 atom stereocenters. The molecule has 0 radical (unpaired) electrons. The number of carbonyl (C=O) groups is 1. The van der Waals surface area contributed by atoms with Crippen molar-refractivity contribution in [3.63, 3.8) is 0 Å². The van der Waals surface area contributed by atoms with Crippen LogP contribution in [0, 0.1) is 0 Å². The van der Waals surface area contributed by atoms with Crippen LogP contribution < -0.4 is 5.32 Å². The van der Waals surface area contributed by atoms with Crippen molar-refractivity contribution in [3.05, 3.63) is 16.3 Å². The zero-order valence-corrected chi connectivity index (χ0v) is 9.74. The third-order valence-corrected chi connectivity index (χ3v) is 3.53. The van der Waals surface area contributed by atoms with E-state index in [2.05, 4.69) is 5.32 Å². The van der Waals surface area contributed by atoms with E-state index in [0.29, 0.717) is 0 Å². The fourth-order valence-corrected chi connectivity index (χ4v) is 2.61. The largest absolute Gasteiger partial charge is 0.394 e. The van der Waals surface area contributed by atoms with Gasteiger partial charge in [0.25, 0.3) is 5.91 Å². The van der Waals surface area contributed by atoms with Crippen LogP contribution in [0.1, 0.15) is 16.6 Å². The highest BCUT2D eigenvalue weighted by Crippen LogP contribution is 2.25. The molecule has 1 rings (SSSR count). The van der Waals surface area contributed by atoms with E-state index < -0.39 is 0 Å². The lowest BCUT2D eigenvalue weighted by molar-refractivity contribution is 0.0924. The van der Waals surface area contributed by atoms with Gasteiger partial charge in [-0.2, -0.15) is 0 Å². The standard InChI is InChI=1S/C9H13NO2S2/c1-6(5-11)10-9(12)8-7(13-2)3-4-14-8/h3-4,6,11H,5H2,1-2H3,(H,10,12). The quantitative estimate of drug-likeness (QED) is 0.774. The molecule has 0 spiro atoms. The minimum Gasteiger partial charge on any atom is -0.394 e. The number of carbonyl (C=O) groups excluding carboxylic acids is 1. The van der Waals surface area contributed by atoms with Crippen molar-refractivity contribution in [3.8, 4) is 0 Å². The first-order chi connectivity index (χ1) is 6.69. The lowest BCUT2D eigenvalue weighted by Crippen LogP contribution is -2.34. The van der Waals surface area contributed by atoms with Gasteiger partial charge in [0.15, 0.2) is 0 Å². The van der Waals surface area contributed by atoms with Gasteiger partial charge in [0.1, 0.15) is 4.88 Å². The van der Waals surface area contributed by atoms with Gasteiger partial charge in [-0.3, -0.25) is 4.79 Å². The van der Waals surface area contributed by atoms with Crippen molar-refractivity contribution in [2.45, 2.75) is 17.9 Å². The normalized spacial score (nSPS) is 12.5. The maximum atomic E-state index is 11.6. The minimum atomic E-state index is -0.195. The van der Waals surface area contributed by atoms with Gasteiger partial charge in [-0.05, 0) is 24.6 Å². The second-order valence-corrected chi connectivity index (χ2v) is 4.64. The molecule has 0 aliphatic rings. The van der Waals surface area contributed by atoms with Crippen LogP contribution in [-0.4, -0.2) is 29.9 Å². The van der Waals surface area contributed by atoms with Crippen LogP contribution in [0.5, 0.6) is 0 Å². The van der Waals surface area contributed by atoms with Gasteiger partial charge in [0.05, 0.1) is 6.61 Å². The van der Waals surface area contributed by atoms with Crippen LogP contribution >= 0.6 is 23.1 Å². The van der Waals surface area contributed by atoms with Crippen molar-refractivity contribution in [2.24, 2.45) is 0 Å². The first-order valence-corrected chi connectivity index (χ1v) is 6.32. The second-order valence-electron chi connectivity index (χ2n) is 2.88. The molecule has 1 unspecified atom stereocenters. The maximum Gasteiger partial charge on any atom is 0.262 e. The van der Waals surface area contributed by atoms with Gasteiger partial charge in [0, 0.05) is 10.9 Å². The van der Waals surface area contributed by atoms with Crippen LogP contribution in [0.15, 0.2) is 16.3 Å². The number of thioether (sulfide) groups is 1. The fourth-order valence-electron chi connectivity index (χ4n) is 0.959. The van der Waals surface area contributed by atoms with Crippen LogP contribution in [0.4, 0.5) is 0 Å². The Hall–Kier alpha value is -0.520. The molecule has 1 aromatic heterocycles. The van der Waals surface area contributed by atoms with Crippen molar-refractivity contribution in [1.82, 2.24) is 5.32 Å². The molecule has 0 bridgehead atoms. The number of amides is 1. The van der Waals surface area contributed by atoms with Crippen LogP contribution in [0.2, 0.25) is 0 Å². The molecule has 5 heteroatoms. The Bertz CT molecular complexity index is 312. The molecule has 0 saturated heterocycles. The topological polar surface area (TPSA) is 49.3 Å². The molecule has 0 aromatic carbocycles. The number of rotatable bonds is 4. The first-order valence-electron chi connectivity index (χ1n) is 4.22. The molecule has 2 N–H and O–H groups in total. The van der Waals surface area contributed by atoms with Gasteiger partial charge >= 0.3 is 0 Å². The zero-order chi connectivity index (χ0) is 10.6. The molecule has 1 heterocycles. The molecule has 1 aromatic rings. The van der Waals surface area contributed by atoms with Crippen molar-refractivity contribution in [2.75, 3.05) is 12.9 Å². The van der Waals surface area contributed by atoms with Gasteiger partial charge in [0.2, 0.25) is 0 Å². The average Bonchev–Trinajstić information content (AvgIpc) is 2.65. The number of nitrogens with one attached hydrogen (secondary N) is 1. The molecular formula is C9H13NO2S2. The third kappa shape index (κ3) is 2.73. The number of hydrogen-bond acceptors (Lipinski definition) is 4. The number of hydrogen-bond donors (Lipinski definition) is 2. The second kappa shape index (κ2) is 5.38. The van der Waals surface area contributed by atoms with Crippen LogP contribution in [0.25, 0.3) is 0 Å². The van der Waals surface area contributed by atoms with E-state index in [9.17, 15) is 4.79 Å². The van der Waals surface area contributed by atoms with E-state index in [0.717, 1.165) is 9.77 Å². The van der Waals surface area contributed by atoms with E-state index in [1.54, 1.807) is 18.7 Å². The van der Waals surface area contributed by atoms with Crippen molar-refractivity contribution in [1.29, 1.82) is 0 Å². The summed E-state index contributed by atoms with van der Waals surface area (Å²) in [6, 6.07) is 1.73. The summed E-state index contributed by atoms with van der Waals surface area (Å²) in [6.07, 6.45) is 1.94. The van der Waals surface area contributed by atoms with Gasteiger partial charge < -0.3 is 10.4 Å². The predicted octanol–water partition coefficient (Wildman–Crippen LogP) is 1.58. The highest BCUT2D eigenvalue weighted by molar-refractivity contribution is 7.98. The lowest BCUT2D eigenvalue weighted by Gasteiger charge is -2.10. The Kier molecular flexibility index (Phi) is 4.44. The monoisotopic (exact) mass is 231 g/mol. The van der Waals surface area contributed by atoms with E-state index >= 15 is 0 Å². The molecule has 0 fully saturated rings. The van der Waals surface area contributed by atoms with E-state index in [1.807, 2.05) is 17.7 Å². The molecule has 78 valence electrons. The molecule has 0 aliphatic heterocycles. The zero-order valence-electron chi connectivity index (χ0n) is 8.11. The Morgan fingerprint density at radius 2 is 2.50 bits per heavy atom. The molecule has 3 nitrogen and oxygen atoms in total. The van der Waals surface area contributed by atoms with E-state index in [-0.39, 0.29) is 18.6 Å². The molecule has 1 amide bonds.